The van der Waals surface area contributed by atoms with Crippen molar-refractivity contribution in [1.29, 1.82) is 0 Å². The van der Waals surface area contributed by atoms with E-state index in [0.717, 1.165) is 0 Å². The molecule has 3 aromatic carbocycles. The van der Waals surface area contributed by atoms with Crippen LogP contribution in [-0.2, 0) is 9.53 Å². The van der Waals surface area contributed by atoms with Gasteiger partial charge >= 0.3 is 12.1 Å². The Hall–Kier alpha value is -3.53. The zero-order valence-corrected chi connectivity index (χ0v) is 25.1. The normalized spacial score (nSPS) is 15.1. The molecule has 0 amide bonds. The minimum atomic E-state index is -0.153. The number of hydrogen-bond acceptors (Lipinski definition) is 2. The number of esters is 1. The summed E-state index contributed by atoms with van der Waals surface area (Å²) in [5.41, 5.74) is 14.4. The molecule has 1 aliphatic heterocycles. The van der Waals surface area contributed by atoms with Gasteiger partial charge in [-0.2, -0.15) is 0 Å². The molecule has 200 valence electrons. The summed E-state index contributed by atoms with van der Waals surface area (Å²) < 4.78 is 9.45. The molecule has 0 saturated carbocycles. The number of benzene rings is 3. The highest BCUT2D eigenvalue weighted by molar-refractivity contribution is 6.44. The van der Waals surface area contributed by atoms with Crippen LogP contribution in [-0.4, -0.2) is 39.8 Å². The van der Waals surface area contributed by atoms with Gasteiger partial charge in [-0.15, -0.1) is 9.15 Å². The van der Waals surface area contributed by atoms with E-state index in [4.69, 9.17) is 0 Å². The van der Waals surface area contributed by atoms with E-state index in [1.807, 2.05) is 0 Å². The maximum atomic E-state index is 10.3. The Labute approximate surface area is 229 Å². The lowest BCUT2D eigenvalue weighted by Gasteiger charge is -2.13. The van der Waals surface area contributed by atoms with Crippen LogP contribution in [0.5, 0.6) is 0 Å². The van der Waals surface area contributed by atoms with E-state index >= 15 is 0 Å². The highest BCUT2D eigenvalue weighted by Crippen LogP contribution is 2.35. The monoisotopic (exact) mass is 512 g/mol. The number of methoxy groups -OCH3 is 1. The maximum Gasteiger partial charge on any atom is 0.351 e. The van der Waals surface area contributed by atoms with Crippen LogP contribution in [0.4, 0.5) is 11.4 Å². The molecule has 1 aliphatic rings. The van der Waals surface area contributed by atoms with Gasteiger partial charge in [-0.05, 0) is 77.9 Å². The van der Waals surface area contributed by atoms with Gasteiger partial charge in [-0.3, -0.25) is 4.79 Å². The third-order valence-corrected chi connectivity index (χ3v) is 7.16. The summed E-state index contributed by atoms with van der Waals surface area (Å²) in [5, 5.41) is 0. The number of hydrogen-bond donors (Lipinski definition) is 0. The lowest BCUT2D eigenvalue weighted by molar-refractivity contribution is -0.688. The molecular formula is C34H44N2O2+2. The quantitative estimate of drug-likeness (QED) is 0.266. The average Bonchev–Trinajstić information content (AvgIpc) is 3.08. The first-order valence-corrected chi connectivity index (χ1v) is 13.5. The average molecular weight is 513 g/mol. The molecule has 4 heteroatoms. The summed E-state index contributed by atoms with van der Waals surface area (Å²) in [7, 11) is 1.39. The van der Waals surface area contributed by atoms with E-state index in [2.05, 4.69) is 124 Å². The number of aryl methyl sites for hydroxylation is 6. The van der Waals surface area contributed by atoms with Crippen LogP contribution in [0, 0.1) is 47.5 Å². The molecule has 0 saturated heterocycles. The van der Waals surface area contributed by atoms with E-state index in [0.29, 0.717) is 0 Å². The SMILES string of the molecule is CC1=[N+](c2c(C)cc(C)cc2C)C(C)[N+](c2c(C)cc(C)cc2C)=C1c1ccccc1.COC(=O)C(C)C. The molecule has 0 fully saturated rings. The third kappa shape index (κ3) is 5.80. The number of rotatable bonds is 4. The molecule has 0 N–H and O–H groups in total. The predicted octanol–water partition coefficient (Wildman–Crippen LogP) is 7.65. The molecule has 1 unspecified atom stereocenters. The van der Waals surface area contributed by atoms with Gasteiger partial charge in [0.15, 0.2) is 0 Å². The fourth-order valence-electron chi connectivity index (χ4n) is 5.81. The number of ether oxygens (including phenoxy) is 1. The molecule has 4 nitrogen and oxygen atoms in total. The summed E-state index contributed by atoms with van der Waals surface area (Å²) in [5.74, 6) is -0.148. The molecule has 0 radical (unpaired) electrons. The van der Waals surface area contributed by atoms with Gasteiger partial charge < -0.3 is 4.74 Å². The van der Waals surface area contributed by atoms with Crippen LogP contribution in [0.3, 0.4) is 0 Å². The van der Waals surface area contributed by atoms with Crippen LogP contribution < -0.4 is 0 Å². The first-order chi connectivity index (χ1) is 17.9. The molecule has 3 aromatic rings. The fourth-order valence-corrected chi connectivity index (χ4v) is 5.81. The Morgan fingerprint density at radius 2 is 1.16 bits per heavy atom. The Morgan fingerprint density at radius 3 is 1.53 bits per heavy atom. The van der Waals surface area contributed by atoms with Crippen LogP contribution in [0.25, 0.3) is 0 Å². The van der Waals surface area contributed by atoms with Crippen molar-refractivity contribution >= 4 is 28.8 Å². The van der Waals surface area contributed by atoms with Gasteiger partial charge in [0.05, 0.1) is 25.5 Å². The Balaban J connectivity index is 0.000000505. The second-order valence-electron chi connectivity index (χ2n) is 10.8. The second kappa shape index (κ2) is 11.9. The molecule has 0 spiro atoms. The molecule has 1 atom stereocenters. The predicted molar refractivity (Wildman–Crippen MR) is 159 cm³/mol. The van der Waals surface area contributed by atoms with E-state index < -0.39 is 0 Å². The van der Waals surface area contributed by atoms with E-state index in [1.165, 1.54) is 68.9 Å². The van der Waals surface area contributed by atoms with Gasteiger partial charge in [-0.1, -0.05) is 43.2 Å². The fraction of sp³-hybridized carbons (Fsp3) is 0.382. The second-order valence-corrected chi connectivity index (χ2v) is 10.8. The molecule has 0 aromatic heterocycles. The van der Waals surface area contributed by atoms with Crippen molar-refractivity contribution in [2.24, 2.45) is 5.92 Å². The summed E-state index contributed by atoms with van der Waals surface area (Å²) in [6.45, 7) is 21.5. The van der Waals surface area contributed by atoms with Crippen LogP contribution >= 0.6 is 0 Å². The zero-order chi connectivity index (χ0) is 28.3. The third-order valence-electron chi connectivity index (χ3n) is 7.16. The minimum Gasteiger partial charge on any atom is -0.469 e. The molecule has 38 heavy (non-hydrogen) atoms. The molecule has 4 rings (SSSR count). The summed E-state index contributed by atoms with van der Waals surface area (Å²) in [4.78, 5) is 10.3. The Morgan fingerprint density at radius 1 is 0.737 bits per heavy atom. The number of carbonyl (C=O) groups excluding carboxylic acids is 1. The van der Waals surface area contributed by atoms with Crippen LogP contribution in [0.2, 0.25) is 0 Å². The van der Waals surface area contributed by atoms with Gasteiger partial charge in [0, 0.05) is 29.2 Å². The Bertz CT molecular complexity index is 1370. The molecule has 0 aliphatic carbocycles. The van der Waals surface area contributed by atoms with Crippen LogP contribution in [0.15, 0.2) is 54.6 Å². The highest BCUT2D eigenvalue weighted by atomic mass is 16.5. The van der Waals surface area contributed by atoms with Crippen molar-refractivity contribution in [2.75, 3.05) is 7.11 Å². The van der Waals surface area contributed by atoms with Gasteiger partial charge in [-0.25, -0.2) is 0 Å². The number of nitrogens with zero attached hydrogens (tertiary/aromatic N) is 2. The Kier molecular flexibility index (Phi) is 9.09. The number of carbonyl (C=O) groups is 1. The van der Waals surface area contributed by atoms with Crippen LogP contribution in [0.1, 0.15) is 66.6 Å². The van der Waals surface area contributed by atoms with Crippen molar-refractivity contribution in [3.8, 4) is 0 Å². The van der Waals surface area contributed by atoms with Crippen molar-refractivity contribution in [3.05, 3.63) is 93.5 Å². The van der Waals surface area contributed by atoms with E-state index in [-0.39, 0.29) is 18.1 Å². The largest absolute Gasteiger partial charge is 0.469 e. The van der Waals surface area contributed by atoms with Crippen molar-refractivity contribution < 1.29 is 18.7 Å². The van der Waals surface area contributed by atoms with Gasteiger partial charge in [0.2, 0.25) is 11.4 Å². The lowest BCUT2D eigenvalue weighted by atomic mass is 10.0. The van der Waals surface area contributed by atoms with Gasteiger partial charge in [0.25, 0.3) is 11.4 Å². The first kappa shape index (κ1) is 29.0. The summed E-state index contributed by atoms with van der Waals surface area (Å²) in [6.07, 6.45) is 0.176. The molecule has 0 bridgehead atoms. The standard InChI is InChI=1S/C29H34N2.C5H10O2/c1-18-14-20(3)27(21(4)15-18)30-24(7)29(26-12-10-9-11-13-26)31(25(30)8)28-22(5)16-19(2)17-23(28)6;1-4(2)5(6)7-3/h9-17,25H,1-8H3;4H,1-3H3/q+2;. The molecule has 1 heterocycles. The van der Waals surface area contributed by atoms with Gasteiger partial charge in [0.1, 0.15) is 0 Å². The first-order valence-electron chi connectivity index (χ1n) is 13.5. The highest BCUT2D eigenvalue weighted by Gasteiger charge is 2.47. The maximum absolute atomic E-state index is 10.3. The molecular weight excluding hydrogens is 468 g/mol. The van der Waals surface area contributed by atoms with E-state index in [1.54, 1.807) is 13.8 Å². The van der Waals surface area contributed by atoms with Crippen molar-refractivity contribution in [2.45, 2.75) is 75.4 Å². The van der Waals surface area contributed by atoms with Crippen molar-refractivity contribution in [1.82, 2.24) is 0 Å². The lowest BCUT2D eigenvalue weighted by Crippen LogP contribution is -2.27. The topological polar surface area (TPSA) is 32.3 Å². The van der Waals surface area contributed by atoms with E-state index in [9.17, 15) is 4.79 Å². The zero-order valence-electron chi connectivity index (χ0n) is 25.1. The smallest absolute Gasteiger partial charge is 0.351 e. The minimum absolute atomic E-state index is 0.00463. The van der Waals surface area contributed by atoms with Crippen molar-refractivity contribution in [3.63, 3.8) is 0 Å². The summed E-state index contributed by atoms with van der Waals surface area (Å²) in [6, 6.07) is 20.0. The summed E-state index contributed by atoms with van der Waals surface area (Å²) >= 11 is 0.